The minimum Gasteiger partial charge on any atom is -0.444 e. The first-order valence-corrected chi connectivity index (χ1v) is 7.75. The summed E-state index contributed by atoms with van der Waals surface area (Å²) in [6.07, 6.45) is 5.77. The van der Waals surface area contributed by atoms with Crippen LogP contribution in [-0.2, 0) is 0 Å². The SMILES string of the molecule is CC1SCCCC1Nc1cccc(-c2cnco2)c1. The summed E-state index contributed by atoms with van der Waals surface area (Å²) in [4.78, 5) is 3.97. The average molecular weight is 274 g/mol. The highest BCUT2D eigenvalue weighted by Crippen LogP contribution is 2.29. The molecule has 2 atom stereocenters. The van der Waals surface area contributed by atoms with Crippen LogP contribution >= 0.6 is 11.8 Å². The molecule has 0 radical (unpaired) electrons. The molecule has 3 rings (SSSR count). The fourth-order valence-electron chi connectivity index (χ4n) is 2.45. The van der Waals surface area contributed by atoms with Crippen molar-refractivity contribution < 1.29 is 4.42 Å². The van der Waals surface area contributed by atoms with Crippen LogP contribution in [0.3, 0.4) is 0 Å². The summed E-state index contributed by atoms with van der Waals surface area (Å²) in [6, 6.07) is 8.91. The van der Waals surface area contributed by atoms with Crippen molar-refractivity contribution in [2.24, 2.45) is 0 Å². The first kappa shape index (κ1) is 12.6. The van der Waals surface area contributed by atoms with Gasteiger partial charge in [0.1, 0.15) is 0 Å². The van der Waals surface area contributed by atoms with E-state index in [0.29, 0.717) is 11.3 Å². The Morgan fingerprint density at radius 2 is 2.37 bits per heavy atom. The molecular weight excluding hydrogens is 256 g/mol. The van der Waals surface area contributed by atoms with Crippen LogP contribution in [0.2, 0.25) is 0 Å². The van der Waals surface area contributed by atoms with Crippen LogP contribution in [0.1, 0.15) is 19.8 Å². The Morgan fingerprint density at radius 1 is 1.42 bits per heavy atom. The third-order valence-electron chi connectivity index (χ3n) is 3.54. The Labute approximate surface area is 117 Å². The van der Waals surface area contributed by atoms with Gasteiger partial charge in [-0.2, -0.15) is 11.8 Å². The number of rotatable bonds is 3. The molecule has 1 N–H and O–H groups in total. The van der Waals surface area contributed by atoms with E-state index in [0.717, 1.165) is 17.0 Å². The minimum absolute atomic E-state index is 0.559. The smallest absolute Gasteiger partial charge is 0.181 e. The maximum absolute atomic E-state index is 5.34. The van der Waals surface area contributed by atoms with E-state index < -0.39 is 0 Å². The van der Waals surface area contributed by atoms with Crippen LogP contribution in [0.15, 0.2) is 41.3 Å². The zero-order chi connectivity index (χ0) is 13.1. The molecule has 2 unspecified atom stereocenters. The predicted molar refractivity (Wildman–Crippen MR) is 80.5 cm³/mol. The van der Waals surface area contributed by atoms with E-state index in [-0.39, 0.29) is 0 Å². The number of hydrogen-bond donors (Lipinski definition) is 1. The molecule has 3 nitrogen and oxygen atoms in total. The standard InChI is InChI=1S/C15H18N2OS/c1-11-14(6-3-7-19-11)17-13-5-2-4-12(8-13)15-9-16-10-18-15/h2,4-5,8-11,14,17H,3,6-7H2,1H3. The van der Waals surface area contributed by atoms with Gasteiger partial charge in [0.05, 0.1) is 6.20 Å². The monoisotopic (exact) mass is 274 g/mol. The van der Waals surface area contributed by atoms with Crippen molar-refractivity contribution in [3.05, 3.63) is 36.9 Å². The summed E-state index contributed by atoms with van der Waals surface area (Å²) in [6.45, 7) is 2.31. The van der Waals surface area contributed by atoms with Gasteiger partial charge in [0.25, 0.3) is 0 Å². The summed E-state index contributed by atoms with van der Waals surface area (Å²) < 4.78 is 5.34. The third kappa shape index (κ3) is 2.95. The molecule has 1 aromatic heterocycles. The minimum atomic E-state index is 0.559. The van der Waals surface area contributed by atoms with Crippen molar-refractivity contribution in [2.45, 2.75) is 31.1 Å². The summed E-state index contributed by atoms with van der Waals surface area (Å²) >= 11 is 2.06. The highest BCUT2D eigenvalue weighted by molar-refractivity contribution is 8.00. The number of thioether (sulfide) groups is 1. The van der Waals surface area contributed by atoms with Crippen LogP contribution in [0.4, 0.5) is 5.69 Å². The van der Waals surface area contributed by atoms with E-state index in [2.05, 4.69) is 47.2 Å². The molecule has 1 saturated heterocycles. The van der Waals surface area contributed by atoms with Gasteiger partial charge in [-0.05, 0) is 30.7 Å². The lowest BCUT2D eigenvalue weighted by Crippen LogP contribution is -2.32. The van der Waals surface area contributed by atoms with Gasteiger partial charge in [-0.1, -0.05) is 19.1 Å². The fourth-order valence-corrected chi connectivity index (χ4v) is 3.59. The third-order valence-corrected chi connectivity index (χ3v) is 4.92. The van der Waals surface area contributed by atoms with Crippen LogP contribution in [0.25, 0.3) is 11.3 Å². The van der Waals surface area contributed by atoms with Gasteiger partial charge in [0, 0.05) is 22.5 Å². The van der Waals surface area contributed by atoms with Crippen LogP contribution in [0, 0.1) is 0 Å². The molecule has 0 aliphatic carbocycles. The molecule has 1 aliphatic rings. The van der Waals surface area contributed by atoms with E-state index in [1.54, 1.807) is 6.20 Å². The summed E-state index contributed by atoms with van der Waals surface area (Å²) in [5.41, 5.74) is 2.23. The van der Waals surface area contributed by atoms with Gasteiger partial charge in [-0.15, -0.1) is 0 Å². The quantitative estimate of drug-likeness (QED) is 0.916. The lowest BCUT2D eigenvalue weighted by atomic mass is 10.1. The highest BCUT2D eigenvalue weighted by atomic mass is 32.2. The van der Waals surface area contributed by atoms with Crippen molar-refractivity contribution >= 4 is 17.4 Å². The molecule has 2 heterocycles. The molecule has 0 saturated carbocycles. The second-order valence-electron chi connectivity index (χ2n) is 4.92. The van der Waals surface area contributed by atoms with Crippen LogP contribution in [-0.4, -0.2) is 22.0 Å². The van der Waals surface area contributed by atoms with Gasteiger partial charge in [0.2, 0.25) is 0 Å². The number of anilines is 1. The largest absolute Gasteiger partial charge is 0.444 e. The molecule has 1 aliphatic heterocycles. The first-order chi connectivity index (χ1) is 9.33. The normalized spacial score (nSPS) is 23.2. The van der Waals surface area contributed by atoms with E-state index in [9.17, 15) is 0 Å². The molecule has 2 aromatic rings. The zero-order valence-electron chi connectivity index (χ0n) is 11.0. The van der Waals surface area contributed by atoms with E-state index in [1.165, 1.54) is 25.0 Å². The van der Waals surface area contributed by atoms with Crippen molar-refractivity contribution in [3.63, 3.8) is 0 Å². The predicted octanol–water partition coefficient (Wildman–Crippen LogP) is 4.04. The Hall–Kier alpha value is -1.42. The Kier molecular flexibility index (Phi) is 3.78. The lowest BCUT2D eigenvalue weighted by Gasteiger charge is -2.30. The first-order valence-electron chi connectivity index (χ1n) is 6.70. The summed E-state index contributed by atoms with van der Waals surface area (Å²) in [5.74, 6) is 2.10. The zero-order valence-corrected chi connectivity index (χ0v) is 11.8. The fraction of sp³-hybridized carbons (Fsp3) is 0.400. The summed E-state index contributed by atoms with van der Waals surface area (Å²) in [7, 11) is 0. The molecule has 19 heavy (non-hydrogen) atoms. The van der Waals surface area contributed by atoms with Gasteiger partial charge < -0.3 is 9.73 Å². The highest BCUT2D eigenvalue weighted by Gasteiger charge is 2.21. The van der Waals surface area contributed by atoms with Crippen molar-refractivity contribution in [2.75, 3.05) is 11.1 Å². The summed E-state index contributed by atoms with van der Waals surface area (Å²) in [5, 5.41) is 4.32. The molecule has 0 spiro atoms. The number of oxazole rings is 1. The van der Waals surface area contributed by atoms with Gasteiger partial charge in [-0.25, -0.2) is 4.98 Å². The average Bonchev–Trinajstić information content (AvgIpc) is 2.96. The number of aromatic nitrogens is 1. The number of hydrogen-bond acceptors (Lipinski definition) is 4. The van der Waals surface area contributed by atoms with Crippen molar-refractivity contribution in [1.29, 1.82) is 0 Å². The van der Waals surface area contributed by atoms with E-state index in [1.807, 2.05) is 6.07 Å². The van der Waals surface area contributed by atoms with Crippen LogP contribution in [0.5, 0.6) is 0 Å². The molecule has 0 bridgehead atoms. The van der Waals surface area contributed by atoms with Crippen molar-refractivity contribution in [1.82, 2.24) is 4.98 Å². The van der Waals surface area contributed by atoms with E-state index in [4.69, 9.17) is 4.42 Å². The molecule has 1 fully saturated rings. The van der Waals surface area contributed by atoms with Crippen molar-refractivity contribution in [3.8, 4) is 11.3 Å². The van der Waals surface area contributed by atoms with Gasteiger partial charge in [-0.3, -0.25) is 0 Å². The van der Waals surface area contributed by atoms with Crippen LogP contribution < -0.4 is 5.32 Å². The number of nitrogens with zero attached hydrogens (tertiary/aromatic N) is 1. The Bertz CT molecular complexity index is 527. The second-order valence-corrected chi connectivity index (χ2v) is 6.40. The maximum atomic E-state index is 5.34. The number of nitrogens with one attached hydrogen (secondary N) is 1. The topological polar surface area (TPSA) is 38.1 Å². The maximum Gasteiger partial charge on any atom is 0.181 e. The van der Waals surface area contributed by atoms with Gasteiger partial charge in [0.15, 0.2) is 12.2 Å². The Morgan fingerprint density at radius 3 is 3.16 bits per heavy atom. The second kappa shape index (κ2) is 5.70. The molecular formula is C15H18N2OS. The molecule has 1 aromatic carbocycles. The molecule has 0 amide bonds. The van der Waals surface area contributed by atoms with Gasteiger partial charge >= 0.3 is 0 Å². The van der Waals surface area contributed by atoms with E-state index >= 15 is 0 Å². The number of benzene rings is 1. The Balaban J connectivity index is 1.76. The molecule has 100 valence electrons. The lowest BCUT2D eigenvalue weighted by molar-refractivity contribution is 0.572. The molecule has 4 heteroatoms.